The third-order valence-electron chi connectivity index (χ3n) is 5.00. The molecule has 6 nitrogen and oxygen atoms in total. The topological polar surface area (TPSA) is 72.9 Å². The quantitative estimate of drug-likeness (QED) is 0.710. The van der Waals surface area contributed by atoms with Crippen LogP contribution in [0.5, 0.6) is 11.5 Å². The van der Waals surface area contributed by atoms with Gasteiger partial charge in [-0.3, -0.25) is 4.79 Å². The minimum absolute atomic E-state index is 0.0253. The number of sulfone groups is 1. The predicted molar refractivity (Wildman–Crippen MR) is 107 cm³/mol. The van der Waals surface area contributed by atoms with Gasteiger partial charge in [-0.25, -0.2) is 8.42 Å². The molecule has 0 bridgehead atoms. The van der Waals surface area contributed by atoms with E-state index >= 15 is 0 Å². The van der Waals surface area contributed by atoms with Gasteiger partial charge in [0.2, 0.25) is 5.91 Å². The van der Waals surface area contributed by atoms with E-state index in [0.29, 0.717) is 13.0 Å². The Morgan fingerprint density at radius 3 is 1.96 bits per heavy atom. The predicted octanol–water partition coefficient (Wildman–Crippen LogP) is 2.46. The van der Waals surface area contributed by atoms with Crippen molar-refractivity contribution < 1.29 is 22.7 Å². The van der Waals surface area contributed by atoms with E-state index in [1.165, 1.54) is 0 Å². The Bertz CT molecular complexity index is 907. The lowest BCUT2D eigenvalue weighted by Gasteiger charge is -2.28. The molecule has 1 aliphatic heterocycles. The third kappa shape index (κ3) is 5.04. The first-order chi connectivity index (χ1) is 13.4. The number of benzene rings is 2. The largest absolute Gasteiger partial charge is 0.497 e. The van der Waals surface area contributed by atoms with Crippen molar-refractivity contribution in [2.45, 2.75) is 25.4 Å². The highest BCUT2D eigenvalue weighted by molar-refractivity contribution is 7.91. The molecule has 0 spiro atoms. The van der Waals surface area contributed by atoms with Crippen molar-refractivity contribution >= 4 is 15.7 Å². The number of ether oxygens (including phenoxy) is 2. The molecule has 0 aliphatic carbocycles. The summed E-state index contributed by atoms with van der Waals surface area (Å²) in [5.74, 6) is 1.55. The van der Waals surface area contributed by atoms with Gasteiger partial charge in [-0.05, 0) is 41.8 Å². The Morgan fingerprint density at radius 1 is 0.964 bits per heavy atom. The second-order valence-corrected chi connectivity index (χ2v) is 9.18. The van der Waals surface area contributed by atoms with Crippen LogP contribution in [0, 0.1) is 0 Å². The number of hydrogen-bond donors (Lipinski definition) is 0. The lowest BCUT2D eigenvalue weighted by molar-refractivity contribution is -0.133. The van der Waals surface area contributed by atoms with Crippen LogP contribution in [-0.4, -0.2) is 51.0 Å². The first-order valence-corrected chi connectivity index (χ1v) is 11.0. The first kappa shape index (κ1) is 20.2. The van der Waals surface area contributed by atoms with Crippen LogP contribution in [0.2, 0.25) is 0 Å². The molecule has 0 aromatic heterocycles. The molecule has 2 aromatic rings. The summed E-state index contributed by atoms with van der Waals surface area (Å²) in [4.78, 5) is 14.8. The fourth-order valence-electron chi connectivity index (χ4n) is 3.39. The molecule has 1 amide bonds. The molecule has 7 heteroatoms. The van der Waals surface area contributed by atoms with Crippen molar-refractivity contribution in [2.75, 3.05) is 25.7 Å². The zero-order valence-electron chi connectivity index (χ0n) is 16.1. The van der Waals surface area contributed by atoms with Gasteiger partial charge in [0.05, 0.1) is 32.1 Å². The van der Waals surface area contributed by atoms with Crippen molar-refractivity contribution in [3.05, 3.63) is 59.7 Å². The minimum atomic E-state index is -3.09. The summed E-state index contributed by atoms with van der Waals surface area (Å²) in [7, 11) is 0.106. The molecule has 28 heavy (non-hydrogen) atoms. The van der Waals surface area contributed by atoms with Gasteiger partial charge in [-0.2, -0.15) is 0 Å². The van der Waals surface area contributed by atoms with Crippen LogP contribution < -0.4 is 9.47 Å². The van der Waals surface area contributed by atoms with E-state index in [2.05, 4.69) is 0 Å². The number of carbonyl (C=O) groups excluding carboxylic acids is 1. The minimum Gasteiger partial charge on any atom is -0.497 e. The number of nitrogens with zero attached hydrogens (tertiary/aromatic N) is 1. The Hall–Kier alpha value is -2.54. The van der Waals surface area contributed by atoms with Gasteiger partial charge in [0, 0.05) is 12.6 Å². The smallest absolute Gasteiger partial charge is 0.227 e. The fourth-order valence-corrected chi connectivity index (χ4v) is 5.12. The first-order valence-electron chi connectivity index (χ1n) is 9.16. The van der Waals surface area contributed by atoms with Crippen LogP contribution in [-0.2, 0) is 27.6 Å². The highest BCUT2D eigenvalue weighted by atomic mass is 32.2. The van der Waals surface area contributed by atoms with E-state index < -0.39 is 9.84 Å². The summed E-state index contributed by atoms with van der Waals surface area (Å²) in [5.41, 5.74) is 1.81. The summed E-state index contributed by atoms with van der Waals surface area (Å²) in [6.45, 7) is 0.374. The maximum atomic E-state index is 13.1. The van der Waals surface area contributed by atoms with Crippen LogP contribution in [0.3, 0.4) is 0 Å². The summed E-state index contributed by atoms with van der Waals surface area (Å²) >= 11 is 0. The van der Waals surface area contributed by atoms with Gasteiger partial charge in [0.25, 0.3) is 0 Å². The molecule has 1 saturated heterocycles. The molecule has 0 N–H and O–H groups in total. The normalized spacial score (nSPS) is 17.9. The second-order valence-electron chi connectivity index (χ2n) is 6.95. The van der Waals surface area contributed by atoms with Crippen molar-refractivity contribution in [3.63, 3.8) is 0 Å². The standard InChI is InChI=1S/C21H25NO5S/c1-26-19-7-3-16(4-8-19)13-21(23)22(18-11-12-28(24,25)15-18)14-17-5-9-20(27-2)10-6-17/h3-10,18H,11-15H2,1-2H3. The Kier molecular flexibility index (Phi) is 6.24. The van der Waals surface area contributed by atoms with Gasteiger partial charge in [-0.15, -0.1) is 0 Å². The zero-order valence-corrected chi connectivity index (χ0v) is 16.9. The highest BCUT2D eigenvalue weighted by Crippen LogP contribution is 2.23. The lowest BCUT2D eigenvalue weighted by Crippen LogP contribution is -2.41. The summed E-state index contributed by atoms with van der Waals surface area (Å²) < 4.78 is 34.3. The molecule has 0 saturated carbocycles. The van der Waals surface area contributed by atoms with Crippen molar-refractivity contribution in [1.29, 1.82) is 0 Å². The molecule has 1 heterocycles. The number of carbonyl (C=O) groups is 1. The van der Waals surface area contributed by atoms with Crippen molar-refractivity contribution in [2.24, 2.45) is 0 Å². The maximum absolute atomic E-state index is 13.1. The monoisotopic (exact) mass is 403 g/mol. The molecule has 3 rings (SSSR count). The van der Waals surface area contributed by atoms with Crippen LogP contribution >= 0.6 is 0 Å². The number of rotatable bonds is 7. The second kappa shape index (κ2) is 8.65. The fraction of sp³-hybridized carbons (Fsp3) is 0.381. The molecule has 1 fully saturated rings. The van der Waals surface area contributed by atoms with E-state index in [1.807, 2.05) is 48.5 Å². The SMILES string of the molecule is COc1ccc(CC(=O)N(Cc2ccc(OC)cc2)C2CCS(=O)(=O)C2)cc1. The van der Waals surface area contributed by atoms with E-state index in [9.17, 15) is 13.2 Å². The van der Waals surface area contributed by atoms with Crippen molar-refractivity contribution in [1.82, 2.24) is 4.90 Å². The highest BCUT2D eigenvalue weighted by Gasteiger charge is 2.34. The van der Waals surface area contributed by atoms with Gasteiger partial charge < -0.3 is 14.4 Å². The van der Waals surface area contributed by atoms with Crippen LogP contribution in [0.4, 0.5) is 0 Å². The maximum Gasteiger partial charge on any atom is 0.227 e. The molecular weight excluding hydrogens is 378 g/mol. The number of methoxy groups -OCH3 is 2. The van der Waals surface area contributed by atoms with Gasteiger partial charge in [-0.1, -0.05) is 24.3 Å². The average molecular weight is 404 g/mol. The molecule has 1 aliphatic rings. The summed E-state index contributed by atoms with van der Waals surface area (Å²) in [6, 6.07) is 14.5. The number of amides is 1. The lowest BCUT2D eigenvalue weighted by atomic mass is 10.1. The van der Waals surface area contributed by atoms with Crippen LogP contribution in [0.1, 0.15) is 17.5 Å². The molecule has 2 aromatic carbocycles. The Labute approximate surface area is 166 Å². The third-order valence-corrected chi connectivity index (χ3v) is 6.75. The summed E-state index contributed by atoms with van der Waals surface area (Å²) in [6.07, 6.45) is 0.698. The van der Waals surface area contributed by atoms with E-state index in [-0.39, 0.29) is 29.9 Å². The Morgan fingerprint density at radius 2 is 1.50 bits per heavy atom. The molecule has 150 valence electrons. The van der Waals surface area contributed by atoms with Crippen molar-refractivity contribution in [3.8, 4) is 11.5 Å². The molecule has 1 atom stereocenters. The number of hydrogen-bond acceptors (Lipinski definition) is 5. The van der Waals surface area contributed by atoms with E-state index in [0.717, 1.165) is 22.6 Å². The summed E-state index contributed by atoms with van der Waals surface area (Å²) in [5, 5.41) is 0. The molecule has 0 radical (unpaired) electrons. The van der Waals surface area contributed by atoms with Crippen LogP contribution in [0.15, 0.2) is 48.5 Å². The molecule has 1 unspecified atom stereocenters. The van der Waals surface area contributed by atoms with Gasteiger partial charge in [0.1, 0.15) is 11.5 Å². The van der Waals surface area contributed by atoms with Gasteiger partial charge >= 0.3 is 0 Å². The molecular formula is C21H25NO5S. The van der Waals surface area contributed by atoms with E-state index in [4.69, 9.17) is 9.47 Å². The van der Waals surface area contributed by atoms with Gasteiger partial charge in [0.15, 0.2) is 9.84 Å². The van der Waals surface area contributed by atoms with Crippen LogP contribution in [0.25, 0.3) is 0 Å². The average Bonchev–Trinajstić information content (AvgIpc) is 3.06. The van der Waals surface area contributed by atoms with E-state index in [1.54, 1.807) is 19.1 Å². The Balaban J connectivity index is 1.78. The zero-order chi connectivity index (χ0) is 20.1.